The van der Waals surface area contributed by atoms with Gasteiger partial charge in [0.1, 0.15) is 30.0 Å². The van der Waals surface area contributed by atoms with Gasteiger partial charge in [-0.3, -0.25) is 0 Å². The highest BCUT2D eigenvalue weighted by Crippen LogP contribution is 2.36. The summed E-state index contributed by atoms with van der Waals surface area (Å²) in [7, 11) is -0.385. The largest absolute Gasteiger partial charge is 0.494 e. The monoisotopic (exact) mass is 447 g/mol. The molecule has 172 valence electrons. The third kappa shape index (κ3) is 5.67. The Morgan fingerprint density at radius 1 is 0.818 bits per heavy atom. The van der Waals surface area contributed by atoms with E-state index in [4.69, 9.17) is 23.5 Å². The van der Waals surface area contributed by atoms with Crippen molar-refractivity contribution < 1.29 is 23.5 Å². The molecule has 1 saturated heterocycles. The normalized spacial score (nSPS) is 17.4. The van der Waals surface area contributed by atoms with E-state index in [9.17, 15) is 0 Å². The molecule has 1 atom stereocenters. The minimum Gasteiger partial charge on any atom is -0.490 e. The first-order chi connectivity index (χ1) is 15.7. The van der Waals surface area contributed by atoms with Crippen molar-refractivity contribution in [3.05, 3.63) is 72.9 Å². The molecule has 1 aliphatic heterocycles. The molecule has 0 saturated carbocycles. The van der Waals surface area contributed by atoms with E-state index in [0.717, 1.165) is 22.7 Å². The fourth-order valence-electron chi connectivity index (χ4n) is 3.28. The van der Waals surface area contributed by atoms with Crippen molar-refractivity contribution in [1.29, 1.82) is 0 Å². The molecule has 1 aromatic heterocycles. The molecule has 0 bridgehead atoms. The van der Waals surface area contributed by atoms with Crippen LogP contribution in [0.1, 0.15) is 34.6 Å². The number of rotatable bonds is 8. The first-order valence-electron chi connectivity index (χ1n) is 11.2. The number of pyridine rings is 1. The van der Waals surface area contributed by atoms with E-state index in [1.807, 2.05) is 101 Å². The molecule has 4 rings (SSSR count). The standard InChI is InChI=1S/C26H30BNO5/c1-19(30-24-8-6-7-17-28-24)18-29-21-13-15-23(16-14-21)31-22-11-9-20(10-12-22)27-32-25(2,3)26(4,5)33-27/h6-17,19H,18H2,1-5H3. The predicted octanol–water partition coefficient (Wildman–Crippen LogP) is 5.02. The van der Waals surface area contributed by atoms with E-state index in [2.05, 4.69) is 4.98 Å². The average molecular weight is 447 g/mol. The molecule has 33 heavy (non-hydrogen) atoms. The molecule has 0 N–H and O–H groups in total. The highest BCUT2D eigenvalue weighted by atomic mass is 16.7. The summed E-state index contributed by atoms with van der Waals surface area (Å²) in [5.41, 5.74) is 0.240. The topological polar surface area (TPSA) is 59.0 Å². The highest BCUT2D eigenvalue weighted by molar-refractivity contribution is 6.62. The van der Waals surface area contributed by atoms with Gasteiger partial charge in [-0.05, 0) is 82.5 Å². The third-order valence-corrected chi connectivity index (χ3v) is 5.91. The predicted molar refractivity (Wildman–Crippen MR) is 128 cm³/mol. The molecule has 1 aliphatic rings. The van der Waals surface area contributed by atoms with Crippen molar-refractivity contribution >= 4 is 12.6 Å². The third-order valence-electron chi connectivity index (χ3n) is 5.91. The van der Waals surface area contributed by atoms with E-state index in [1.54, 1.807) is 6.20 Å². The Bertz CT molecular complexity index is 1020. The van der Waals surface area contributed by atoms with Crippen molar-refractivity contribution in [3.63, 3.8) is 0 Å². The van der Waals surface area contributed by atoms with Crippen molar-refractivity contribution in [2.45, 2.75) is 51.9 Å². The van der Waals surface area contributed by atoms with Gasteiger partial charge in [0.25, 0.3) is 0 Å². The van der Waals surface area contributed by atoms with Crippen LogP contribution in [-0.2, 0) is 9.31 Å². The lowest BCUT2D eigenvalue weighted by Gasteiger charge is -2.32. The molecule has 1 fully saturated rings. The van der Waals surface area contributed by atoms with Gasteiger partial charge in [0, 0.05) is 12.3 Å². The van der Waals surface area contributed by atoms with Crippen LogP contribution in [0.25, 0.3) is 0 Å². The van der Waals surface area contributed by atoms with E-state index in [-0.39, 0.29) is 24.4 Å². The second kappa shape index (κ2) is 9.45. The van der Waals surface area contributed by atoms with Gasteiger partial charge in [-0.25, -0.2) is 4.98 Å². The molecule has 3 aromatic rings. The SMILES string of the molecule is CC(COc1ccc(Oc2ccc(B3OC(C)(C)C(C)(C)O3)cc2)cc1)Oc1ccccn1. The number of aromatic nitrogens is 1. The highest BCUT2D eigenvalue weighted by Gasteiger charge is 2.51. The maximum absolute atomic E-state index is 6.11. The van der Waals surface area contributed by atoms with Crippen LogP contribution < -0.4 is 19.7 Å². The fourth-order valence-corrected chi connectivity index (χ4v) is 3.28. The molecular weight excluding hydrogens is 417 g/mol. The van der Waals surface area contributed by atoms with Gasteiger partial charge < -0.3 is 23.5 Å². The molecule has 0 radical (unpaired) electrons. The summed E-state index contributed by atoms with van der Waals surface area (Å²) in [6.07, 6.45) is 1.57. The zero-order chi connectivity index (χ0) is 23.5. The summed E-state index contributed by atoms with van der Waals surface area (Å²) < 4.78 is 29.7. The number of benzene rings is 2. The van der Waals surface area contributed by atoms with Crippen molar-refractivity contribution in [1.82, 2.24) is 4.98 Å². The summed E-state index contributed by atoms with van der Waals surface area (Å²) in [5, 5.41) is 0. The van der Waals surface area contributed by atoms with Gasteiger partial charge in [0.2, 0.25) is 5.88 Å². The second-order valence-electron chi connectivity index (χ2n) is 9.14. The van der Waals surface area contributed by atoms with Crippen LogP contribution in [0.15, 0.2) is 72.9 Å². The van der Waals surface area contributed by atoms with Crippen LogP contribution in [0, 0.1) is 0 Å². The molecule has 1 unspecified atom stereocenters. The Morgan fingerprint density at radius 2 is 1.39 bits per heavy atom. The van der Waals surface area contributed by atoms with Gasteiger partial charge in [0.05, 0.1) is 11.2 Å². The average Bonchev–Trinajstić information content (AvgIpc) is 3.01. The van der Waals surface area contributed by atoms with Crippen LogP contribution in [0.4, 0.5) is 0 Å². The van der Waals surface area contributed by atoms with Crippen LogP contribution in [0.3, 0.4) is 0 Å². The van der Waals surface area contributed by atoms with Crippen LogP contribution in [0.2, 0.25) is 0 Å². The lowest BCUT2D eigenvalue weighted by atomic mass is 9.79. The Morgan fingerprint density at radius 3 is 1.97 bits per heavy atom. The summed E-state index contributed by atoms with van der Waals surface area (Å²) in [4.78, 5) is 4.16. The Kier molecular flexibility index (Phi) is 6.63. The molecule has 0 amide bonds. The van der Waals surface area contributed by atoms with Gasteiger partial charge >= 0.3 is 7.12 Å². The molecule has 2 aromatic carbocycles. The van der Waals surface area contributed by atoms with Crippen LogP contribution >= 0.6 is 0 Å². The molecule has 0 spiro atoms. The van der Waals surface area contributed by atoms with Crippen LogP contribution in [-0.4, -0.2) is 36.0 Å². The molecular formula is C26H30BNO5. The number of nitrogens with zero attached hydrogens (tertiary/aromatic N) is 1. The van der Waals surface area contributed by atoms with Gasteiger partial charge in [-0.1, -0.05) is 18.2 Å². The summed E-state index contributed by atoms with van der Waals surface area (Å²) >= 11 is 0. The van der Waals surface area contributed by atoms with Gasteiger partial charge in [0.15, 0.2) is 0 Å². The molecule has 6 nitrogen and oxygen atoms in total. The zero-order valence-corrected chi connectivity index (χ0v) is 19.8. The van der Waals surface area contributed by atoms with Gasteiger partial charge in [-0.15, -0.1) is 0 Å². The number of hydrogen-bond acceptors (Lipinski definition) is 6. The minimum atomic E-state index is -0.385. The van der Waals surface area contributed by atoms with Crippen molar-refractivity contribution in [2.24, 2.45) is 0 Å². The zero-order valence-electron chi connectivity index (χ0n) is 19.8. The smallest absolute Gasteiger partial charge is 0.490 e. The molecule has 0 aliphatic carbocycles. The minimum absolute atomic E-state index is 0.127. The van der Waals surface area contributed by atoms with E-state index < -0.39 is 0 Å². The summed E-state index contributed by atoms with van der Waals surface area (Å²) in [5.74, 6) is 2.79. The van der Waals surface area contributed by atoms with Crippen molar-refractivity contribution in [3.8, 4) is 23.1 Å². The number of hydrogen-bond donors (Lipinski definition) is 0. The maximum atomic E-state index is 6.11. The Labute approximate surface area is 196 Å². The first-order valence-corrected chi connectivity index (χ1v) is 11.2. The second-order valence-corrected chi connectivity index (χ2v) is 9.14. The first kappa shape index (κ1) is 23.1. The van der Waals surface area contributed by atoms with E-state index in [0.29, 0.717) is 12.5 Å². The fraction of sp³-hybridized carbons (Fsp3) is 0.346. The van der Waals surface area contributed by atoms with E-state index >= 15 is 0 Å². The molecule has 7 heteroatoms. The van der Waals surface area contributed by atoms with Crippen molar-refractivity contribution in [2.75, 3.05) is 6.61 Å². The maximum Gasteiger partial charge on any atom is 0.494 e. The van der Waals surface area contributed by atoms with E-state index in [1.165, 1.54) is 0 Å². The Balaban J connectivity index is 1.28. The van der Waals surface area contributed by atoms with Crippen LogP contribution in [0.5, 0.6) is 23.1 Å². The summed E-state index contributed by atoms with van der Waals surface area (Å²) in [6, 6.07) is 20.8. The van der Waals surface area contributed by atoms with Gasteiger partial charge in [-0.2, -0.15) is 0 Å². The molecule has 2 heterocycles. The lowest BCUT2D eigenvalue weighted by molar-refractivity contribution is 0.00578. The summed E-state index contributed by atoms with van der Waals surface area (Å²) in [6.45, 7) is 10.5. The number of ether oxygens (including phenoxy) is 3. The quantitative estimate of drug-likeness (QED) is 0.452. The lowest BCUT2D eigenvalue weighted by Crippen LogP contribution is -2.41. The Hall–Kier alpha value is -3.03.